The van der Waals surface area contributed by atoms with Crippen molar-refractivity contribution in [1.82, 2.24) is 15.3 Å². The van der Waals surface area contributed by atoms with Gasteiger partial charge in [0.1, 0.15) is 12.1 Å². The maximum absolute atomic E-state index is 11.7. The van der Waals surface area contributed by atoms with Crippen molar-refractivity contribution in [3.05, 3.63) is 59.6 Å². The number of benzene rings is 1. The van der Waals surface area contributed by atoms with Gasteiger partial charge < -0.3 is 15.4 Å². The van der Waals surface area contributed by atoms with Crippen molar-refractivity contribution in [1.29, 1.82) is 0 Å². The molecular weight excluding hydrogens is 304 g/mol. The quantitative estimate of drug-likeness (QED) is 0.795. The molecule has 1 atom stereocenters. The third kappa shape index (κ3) is 3.90. The van der Waals surface area contributed by atoms with Crippen molar-refractivity contribution in [3.8, 4) is 0 Å². The van der Waals surface area contributed by atoms with Gasteiger partial charge in [0.25, 0.3) is 0 Å². The first-order valence-corrected chi connectivity index (χ1v) is 7.60. The normalized spacial score (nSPS) is 11.5. The molecule has 0 spiro atoms. The highest BCUT2D eigenvalue weighted by Crippen LogP contribution is 2.21. The molecule has 0 radical (unpaired) electrons. The summed E-state index contributed by atoms with van der Waals surface area (Å²) in [7, 11) is 3.18. The van der Waals surface area contributed by atoms with E-state index in [4.69, 9.17) is 4.74 Å². The molecule has 0 aliphatic carbocycles. The number of hydrogen-bond donors (Lipinski definition) is 2. The van der Waals surface area contributed by atoms with E-state index in [0.717, 1.165) is 22.6 Å². The number of ether oxygens (including phenoxy) is 1. The lowest BCUT2D eigenvalue weighted by molar-refractivity contribution is 0.0600. The topological polar surface area (TPSA) is 76.1 Å². The van der Waals surface area contributed by atoms with E-state index in [2.05, 4.69) is 27.2 Å². The number of carbonyl (C=O) groups is 1. The summed E-state index contributed by atoms with van der Waals surface area (Å²) < 4.78 is 4.77. The average Bonchev–Trinajstić information content (AvgIpc) is 2.60. The van der Waals surface area contributed by atoms with Gasteiger partial charge in [0.05, 0.1) is 24.1 Å². The molecule has 2 N–H and O–H groups in total. The smallest absolute Gasteiger partial charge is 0.338 e. The Hall–Kier alpha value is -2.89. The molecule has 24 heavy (non-hydrogen) atoms. The second-order valence-corrected chi connectivity index (χ2v) is 5.45. The van der Waals surface area contributed by atoms with E-state index < -0.39 is 0 Å². The van der Waals surface area contributed by atoms with Gasteiger partial charge in [-0.25, -0.2) is 14.8 Å². The van der Waals surface area contributed by atoms with Crippen LogP contribution in [0.5, 0.6) is 0 Å². The van der Waals surface area contributed by atoms with Gasteiger partial charge in [0.2, 0.25) is 0 Å². The first-order chi connectivity index (χ1) is 11.5. The monoisotopic (exact) mass is 326 g/mol. The Kier molecular flexibility index (Phi) is 5.52. The average molecular weight is 326 g/mol. The summed E-state index contributed by atoms with van der Waals surface area (Å²) in [5.74, 6) is 0.401. The molecule has 2 aromatic rings. The molecule has 1 aromatic heterocycles. The van der Waals surface area contributed by atoms with Crippen molar-refractivity contribution < 1.29 is 9.53 Å². The third-order valence-electron chi connectivity index (χ3n) is 3.78. The van der Waals surface area contributed by atoms with Crippen LogP contribution in [0.25, 0.3) is 5.70 Å². The molecule has 126 valence electrons. The highest BCUT2D eigenvalue weighted by molar-refractivity contribution is 5.91. The van der Waals surface area contributed by atoms with E-state index in [1.807, 2.05) is 32.0 Å². The van der Waals surface area contributed by atoms with Crippen LogP contribution < -0.4 is 10.6 Å². The van der Waals surface area contributed by atoms with E-state index in [0.29, 0.717) is 11.3 Å². The molecule has 0 aliphatic rings. The summed E-state index contributed by atoms with van der Waals surface area (Å²) in [6.07, 6.45) is 1.49. The van der Waals surface area contributed by atoms with Gasteiger partial charge in [-0.3, -0.25) is 0 Å². The summed E-state index contributed by atoms with van der Waals surface area (Å²) in [5, 5.41) is 6.30. The Labute approximate surface area is 142 Å². The Balaban J connectivity index is 2.14. The number of carbonyl (C=O) groups excluding carboxylic acids is 1. The number of rotatable bonds is 6. The Morgan fingerprint density at radius 1 is 1.29 bits per heavy atom. The maximum Gasteiger partial charge on any atom is 0.338 e. The summed E-state index contributed by atoms with van der Waals surface area (Å²) in [6, 6.07) is 7.49. The second kappa shape index (κ2) is 7.59. The van der Waals surface area contributed by atoms with Crippen LogP contribution in [-0.2, 0) is 4.74 Å². The molecular formula is C18H22N4O2. The molecule has 0 amide bonds. The van der Waals surface area contributed by atoms with E-state index in [-0.39, 0.29) is 12.0 Å². The van der Waals surface area contributed by atoms with Crippen molar-refractivity contribution in [2.45, 2.75) is 19.9 Å². The highest BCUT2D eigenvalue weighted by atomic mass is 16.5. The van der Waals surface area contributed by atoms with Gasteiger partial charge in [-0.05, 0) is 31.0 Å². The fourth-order valence-electron chi connectivity index (χ4n) is 2.37. The van der Waals surface area contributed by atoms with Gasteiger partial charge in [-0.2, -0.15) is 0 Å². The van der Waals surface area contributed by atoms with Crippen LogP contribution in [0.1, 0.15) is 40.1 Å². The molecule has 2 rings (SSSR count). The number of nitrogens with one attached hydrogen (secondary N) is 2. The van der Waals surface area contributed by atoms with Crippen LogP contribution in [0.2, 0.25) is 0 Å². The molecule has 0 unspecified atom stereocenters. The fraction of sp³-hybridized carbons (Fsp3) is 0.278. The number of anilines is 1. The lowest BCUT2D eigenvalue weighted by Crippen LogP contribution is -2.18. The molecule has 6 heteroatoms. The zero-order valence-electron chi connectivity index (χ0n) is 14.4. The largest absolute Gasteiger partial charge is 0.465 e. The number of nitrogens with zero attached hydrogens (tertiary/aromatic N) is 2. The van der Waals surface area contributed by atoms with Crippen molar-refractivity contribution in [2.24, 2.45) is 0 Å². The minimum absolute atomic E-state index is 0.0101. The number of hydrogen-bond acceptors (Lipinski definition) is 6. The molecule has 1 aromatic carbocycles. The van der Waals surface area contributed by atoms with Crippen molar-refractivity contribution >= 4 is 17.5 Å². The number of aryl methyl sites for hydroxylation is 1. The Morgan fingerprint density at radius 2 is 2.04 bits per heavy atom. The Morgan fingerprint density at radius 3 is 2.67 bits per heavy atom. The van der Waals surface area contributed by atoms with Crippen LogP contribution in [-0.4, -0.2) is 30.1 Å². The van der Waals surface area contributed by atoms with Crippen molar-refractivity contribution in [3.63, 3.8) is 0 Å². The van der Waals surface area contributed by atoms with Gasteiger partial charge >= 0.3 is 5.97 Å². The van der Waals surface area contributed by atoms with Crippen LogP contribution >= 0.6 is 0 Å². The highest BCUT2D eigenvalue weighted by Gasteiger charge is 2.13. The summed E-state index contributed by atoms with van der Waals surface area (Å²) in [4.78, 5) is 20.0. The molecule has 0 saturated carbocycles. The van der Waals surface area contributed by atoms with E-state index in [1.54, 1.807) is 13.1 Å². The molecule has 6 nitrogen and oxygen atoms in total. The van der Waals surface area contributed by atoms with Gasteiger partial charge in [0.15, 0.2) is 0 Å². The minimum atomic E-state index is -0.329. The van der Waals surface area contributed by atoms with Gasteiger partial charge in [-0.1, -0.05) is 18.7 Å². The predicted molar refractivity (Wildman–Crippen MR) is 94.7 cm³/mol. The molecule has 0 fully saturated rings. The van der Waals surface area contributed by atoms with Crippen LogP contribution in [0, 0.1) is 6.92 Å². The van der Waals surface area contributed by atoms with Crippen molar-refractivity contribution in [2.75, 3.05) is 19.5 Å². The van der Waals surface area contributed by atoms with Gasteiger partial charge in [-0.15, -0.1) is 0 Å². The standard InChI is InChI=1S/C18H22N4O2/c1-11-8-14(6-7-15(11)18(23)24-5)12(2)22-13(3)16-9-17(19-4)21-10-20-16/h6-10,12,22H,3H2,1-2,4-5H3,(H,19,20,21)/t12-/m0/s1. The van der Waals surface area contributed by atoms with Crippen LogP contribution in [0.15, 0.2) is 37.2 Å². The number of esters is 1. The van der Waals surface area contributed by atoms with Crippen LogP contribution in [0.4, 0.5) is 5.82 Å². The van der Waals surface area contributed by atoms with Gasteiger partial charge in [0, 0.05) is 19.2 Å². The SMILES string of the molecule is C=C(N[C@@H](C)c1ccc(C(=O)OC)c(C)c1)c1cc(NC)ncn1. The second-order valence-electron chi connectivity index (χ2n) is 5.45. The summed E-state index contributed by atoms with van der Waals surface area (Å²) in [6.45, 7) is 7.96. The predicted octanol–water partition coefficient (Wildman–Crippen LogP) is 2.93. The lowest BCUT2D eigenvalue weighted by atomic mass is 10.0. The van der Waals surface area contributed by atoms with E-state index >= 15 is 0 Å². The van der Waals surface area contributed by atoms with E-state index in [9.17, 15) is 4.79 Å². The molecule has 0 aliphatic heterocycles. The zero-order chi connectivity index (χ0) is 17.7. The molecule has 1 heterocycles. The summed E-state index contributed by atoms with van der Waals surface area (Å²) in [5.41, 5.74) is 3.92. The maximum atomic E-state index is 11.7. The van der Waals surface area contributed by atoms with E-state index in [1.165, 1.54) is 13.4 Å². The molecule has 0 saturated heterocycles. The fourth-order valence-corrected chi connectivity index (χ4v) is 2.37. The first-order valence-electron chi connectivity index (χ1n) is 7.60. The molecule has 0 bridgehead atoms. The number of methoxy groups -OCH3 is 1. The Bertz CT molecular complexity index is 758. The van der Waals surface area contributed by atoms with Crippen LogP contribution in [0.3, 0.4) is 0 Å². The summed E-state index contributed by atoms with van der Waals surface area (Å²) >= 11 is 0. The minimum Gasteiger partial charge on any atom is -0.465 e. The lowest BCUT2D eigenvalue weighted by Gasteiger charge is -2.18. The first kappa shape index (κ1) is 17.5. The number of aromatic nitrogens is 2. The zero-order valence-corrected chi connectivity index (χ0v) is 14.4. The third-order valence-corrected chi connectivity index (χ3v) is 3.78.